The van der Waals surface area contributed by atoms with E-state index in [2.05, 4.69) is 15.9 Å². The minimum atomic E-state index is -0.951. The van der Waals surface area contributed by atoms with Crippen molar-refractivity contribution < 1.29 is 9.90 Å². The summed E-state index contributed by atoms with van der Waals surface area (Å²) >= 11 is 3.34. The third-order valence-corrected chi connectivity index (χ3v) is 2.75. The molecule has 0 fully saturated rings. The molecule has 0 aliphatic rings. The van der Waals surface area contributed by atoms with Crippen LogP contribution in [0.3, 0.4) is 0 Å². The van der Waals surface area contributed by atoms with Crippen LogP contribution in [0.25, 0.3) is 10.9 Å². The molecule has 0 radical (unpaired) electrons. The molecule has 2 rings (SSSR count). The molecule has 0 amide bonds. The Kier molecular flexibility index (Phi) is 2.29. The number of carboxylic acid groups (broad SMARTS) is 1. The summed E-state index contributed by atoms with van der Waals surface area (Å²) in [5, 5.41) is 10.5. The van der Waals surface area contributed by atoms with Crippen molar-refractivity contribution in [3.8, 4) is 0 Å². The summed E-state index contributed by atoms with van der Waals surface area (Å²) in [4.78, 5) is 10.9. The van der Waals surface area contributed by atoms with Gasteiger partial charge in [0.1, 0.15) is 0 Å². The number of fused-ring (bicyclic) bond motifs is 1. The number of benzene rings is 1. The summed E-state index contributed by atoms with van der Waals surface area (Å²) in [6, 6.07) is 7.54. The number of nitrogens with zero attached hydrogens (tertiary/aromatic N) is 1. The quantitative estimate of drug-likeness (QED) is 0.794. The van der Waals surface area contributed by atoms with E-state index >= 15 is 0 Å². The molecule has 1 N–H and O–H groups in total. The first kappa shape index (κ1) is 9.27. The maximum Gasteiger partial charge on any atom is 0.416 e. The van der Waals surface area contributed by atoms with Crippen molar-refractivity contribution in [2.75, 3.05) is 0 Å². The molecule has 4 heteroatoms. The molecule has 0 spiro atoms. The van der Waals surface area contributed by atoms with Gasteiger partial charge in [-0.3, -0.25) is 4.57 Å². The van der Waals surface area contributed by atoms with E-state index in [0.717, 1.165) is 16.5 Å². The average molecular weight is 254 g/mol. The maximum atomic E-state index is 10.9. The Morgan fingerprint density at radius 2 is 2.21 bits per heavy atom. The van der Waals surface area contributed by atoms with E-state index in [1.807, 2.05) is 18.2 Å². The number of aromatic nitrogens is 1. The lowest BCUT2D eigenvalue weighted by Gasteiger charge is -2.02. The number of para-hydroxylation sites is 1. The molecule has 0 saturated heterocycles. The van der Waals surface area contributed by atoms with E-state index in [1.165, 1.54) is 4.57 Å². The molecule has 0 unspecified atom stereocenters. The highest BCUT2D eigenvalue weighted by atomic mass is 79.9. The van der Waals surface area contributed by atoms with Gasteiger partial charge >= 0.3 is 6.09 Å². The zero-order valence-corrected chi connectivity index (χ0v) is 8.86. The fourth-order valence-corrected chi connectivity index (χ4v) is 1.99. The molecule has 0 bridgehead atoms. The lowest BCUT2D eigenvalue weighted by Crippen LogP contribution is -2.06. The van der Waals surface area contributed by atoms with Crippen LogP contribution in [-0.2, 0) is 5.33 Å². The zero-order valence-electron chi connectivity index (χ0n) is 7.27. The Balaban J connectivity index is 2.81. The van der Waals surface area contributed by atoms with Gasteiger partial charge in [-0.05, 0) is 11.6 Å². The Morgan fingerprint density at radius 3 is 2.86 bits per heavy atom. The van der Waals surface area contributed by atoms with Crippen LogP contribution in [0.5, 0.6) is 0 Å². The van der Waals surface area contributed by atoms with Gasteiger partial charge in [-0.15, -0.1) is 0 Å². The molecule has 14 heavy (non-hydrogen) atoms. The summed E-state index contributed by atoms with van der Waals surface area (Å²) in [7, 11) is 0. The lowest BCUT2D eigenvalue weighted by molar-refractivity contribution is 0.197. The van der Waals surface area contributed by atoms with Crippen LogP contribution < -0.4 is 0 Å². The molecule has 1 aromatic heterocycles. The molecular formula is C10H8BrNO2. The van der Waals surface area contributed by atoms with Gasteiger partial charge in [-0.25, -0.2) is 4.79 Å². The van der Waals surface area contributed by atoms with Crippen molar-refractivity contribution in [3.05, 3.63) is 36.0 Å². The number of hydrogen-bond donors (Lipinski definition) is 1. The summed E-state index contributed by atoms with van der Waals surface area (Å²) in [5.41, 5.74) is 1.74. The summed E-state index contributed by atoms with van der Waals surface area (Å²) in [5.74, 6) is 0. The van der Waals surface area contributed by atoms with Crippen LogP contribution in [0.4, 0.5) is 4.79 Å². The van der Waals surface area contributed by atoms with Gasteiger partial charge in [0.25, 0.3) is 0 Å². The number of hydrogen-bond acceptors (Lipinski definition) is 1. The van der Waals surface area contributed by atoms with Crippen molar-refractivity contribution in [2.24, 2.45) is 0 Å². The number of carbonyl (C=O) groups is 1. The van der Waals surface area contributed by atoms with Crippen LogP contribution >= 0.6 is 15.9 Å². The molecule has 1 aromatic carbocycles. The Morgan fingerprint density at radius 1 is 1.43 bits per heavy atom. The third-order valence-electron chi connectivity index (χ3n) is 2.14. The van der Waals surface area contributed by atoms with E-state index in [-0.39, 0.29) is 0 Å². The minimum Gasteiger partial charge on any atom is -0.464 e. The van der Waals surface area contributed by atoms with Gasteiger partial charge in [0.05, 0.1) is 5.52 Å². The maximum absolute atomic E-state index is 10.9. The molecule has 2 aromatic rings. The summed E-state index contributed by atoms with van der Waals surface area (Å²) in [6.45, 7) is 0. The third kappa shape index (κ3) is 1.32. The van der Waals surface area contributed by atoms with Gasteiger partial charge < -0.3 is 5.11 Å². The standard InChI is InChI=1S/C10H8BrNO2/c11-6-8-3-1-2-7-4-5-12(9(7)8)10(13)14/h1-5H,6H2,(H,13,14). The normalized spacial score (nSPS) is 10.6. The van der Waals surface area contributed by atoms with Crippen molar-refractivity contribution in [1.82, 2.24) is 4.57 Å². The van der Waals surface area contributed by atoms with E-state index in [9.17, 15) is 4.79 Å². The number of halogens is 1. The monoisotopic (exact) mass is 253 g/mol. The average Bonchev–Trinajstić information content (AvgIpc) is 2.60. The SMILES string of the molecule is O=C(O)n1ccc2cccc(CBr)c21. The molecule has 0 atom stereocenters. The lowest BCUT2D eigenvalue weighted by atomic mass is 10.2. The number of rotatable bonds is 1. The fraction of sp³-hybridized carbons (Fsp3) is 0.100. The largest absolute Gasteiger partial charge is 0.464 e. The first-order valence-corrected chi connectivity index (χ1v) is 5.24. The first-order valence-electron chi connectivity index (χ1n) is 4.12. The van der Waals surface area contributed by atoms with Crippen molar-refractivity contribution >= 4 is 32.9 Å². The Bertz CT molecular complexity index is 490. The predicted molar refractivity (Wildman–Crippen MR) is 58.0 cm³/mol. The van der Waals surface area contributed by atoms with Crippen LogP contribution in [0.2, 0.25) is 0 Å². The van der Waals surface area contributed by atoms with Gasteiger partial charge in [-0.1, -0.05) is 34.1 Å². The van der Waals surface area contributed by atoms with Crippen LogP contribution in [0, 0.1) is 0 Å². The molecule has 1 heterocycles. The van der Waals surface area contributed by atoms with Gasteiger partial charge in [0.15, 0.2) is 0 Å². The van der Waals surface area contributed by atoms with E-state index in [1.54, 1.807) is 12.3 Å². The van der Waals surface area contributed by atoms with Crippen LogP contribution in [-0.4, -0.2) is 15.8 Å². The molecule has 3 nitrogen and oxygen atoms in total. The van der Waals surface area contributed by atoms with Crippen molar-refractivity contribution in [1.29, 1.82) is 0 Å². The fourth-order valence-electron chi connectivity index (χ4n) is 1.54. The van der Waals surface area contributed by atoms with Crippen molar-refractivity contribution in [2.45, 2.75) is 5.33 Å². The predicted octanol–water partition coefficient (Wildman–Crippen LogP) is 3.06. The van der Waals surface area contributed by atoms with Gasteiger partial charge in [0.2, 0.25) is 0 Å². The molecule has 0 aliphatic heterocycles. The summed E-state index contributed by atoms with van der Waals surface area (Å²) < 4.78 is 1.24. The second-order valence-corrected chi connectivity index (χ2v) is 3.52. The summed E-state index contributed by atoms with van der Waals surface area (Å²) in [6.07, 6.45) is 0.618. The highest BCUT2D eigenvalue weighted by molar-refractivity contribution is 9.08. The molecular weight excluding hydrogens is 246 g/mol. The van der Waals surface area contributed by atoms with Gasteiger partial charge in [-0.2, -0.15) is 0 Å². The Hall–Kier alpha value is -1.29. The minimum absolute atomic E-state index is 0.654. The molecule has 0 aliphatic carbocycles. The molecule has 0 saturated carbocycles. The van der Waals surface area contributed by atoms with E-state index in [0.29, 0.717) is 5.33 Å². The zero-order chi connectivity index (χ0) is 10.1. The molecule has 72 valence electrons. The highest BCUT2D eigenvalue weighted by Crippen LogP contribution is 2.21. The second kappa shape index (κ2) is 3.46. The van der Waals surface area contributed by atoms with Crippen LogP contribution in [0.1, 0.15) is 5.56 Å². The highest BCUT2D eigenvalue weighted by Gasteiger charge is 2.09. The first-order chi connectivity index (χ1) is 6.74. The Labute approximate surface area is 89.1 Å². The van der Waals surface area contributed by atoms with Crippen molar-refractivity contribution in [3.63, 3.8) is 0 Å². The van der Waals surface area contributed by atoms with Crippen LogP contribution in [0.15, 0.2) is 30.5 Å². The smallest absolute Gasteiger partial charge is 0.416 e. The van der Waals surface area contributed by atoms with Gasteiger partial charge in [0, 0.05) is 16.9 Å². The second-order valence-electron chi connectivity index (χ2n) is 2.96. The van der Waals surface area contributed by atoms with E-state index in [4.69, 9.17) is 5.11 Å². The van der Waals surface area contributed by atoms with E-state index < -0.39 is 6.09 Å². The topological polar surface area (TPSA) is 42.2 Å². The number of alkyl halides is 1.